The molecular weight excluding hydrogens is 524 g/mol. The first-order chi connectivity index (χ1) is 18.2. The number of ether oxygens (including phenoxy) is 1. The average Bonchev–Trinajstić information content (AvgIpc) is 3.29. The number of rotatable bonds is 9. The van der Waals surface area contributed by atoms with E-state index in [2.05, 4.69) is 10.3 Å². The summed E-state index contributed by atoms with van der Waals surface area (Å²) in [4.78, 5) is 18.8. The van der Waals surface area contributed by atoms with Gasteiger partial charge in [0.2, 0.25) is 5.76 Å². The molecule has 1 amide bonds. The Morgan fingerprint density at radius 2 is 1.92 bits per heavy atom. The van der Waals surface area contributed by atoms with Gasteiger partial charge in [0.1, 0.15) is 29.6 Å². The highest BCUT2D eigenvalue weighted by Gasteiger charge is 2.32. The van der Waals surface area contributed by atoms with Gasteiger partial charge in [0.05, 0.1) is 11.9 Å². The smallest absolute Gasteiger partial charge is 0.293 e. The molecule has 3 unspecified atom stereocenters. The van der Waals surface area contributed by atoms with Crippen molar-refractivity contribution in [2.24, 2.45) is 0 Å². The number of piperazine rings is 1. The number of aromatic nitrogens is 1. The fourth-order valence-electron chi connectivity index (χ4n) is 4.35. The number of carbonyl (C=O) groups excluding carboxylic acids is 1. The van der Waals surface area contributed by atoms with Gasteiger partial charge in [-0.25, -0.2) is 21.9 Å². The number of hydrogen-bond acceptors (Lipinski definition) is 8. The number of pyridine rings is 1. The molecule has 1 aliphatic heterocycles. The summed E-state index contributed by atoms with van der Waals surface area (Å²) in [6.07, 6.45) is 2.95. The number of nitrogens with one attached hydrogen (secondary N) is 2. The Labute approximate surface area is 221 Å². The molecule has 2 heterocycles. The van der Waals surface area contributed by atoms with E-state index in [1.807, 2.05) is 4.31 Å². The van der Waals surface area contributed by atoms with Crippen molar-refractivity contribution in [1.82, 2.24) is 14.2 Å². The van der Waals surface area contributed by atoms with E-state index in [1.165, 1.54) is 18.5 Å². The third-order valence-electron chi connectivity index (χ3n) is 6.25. The van der Waals surface area contributed by atoms with E-state index in [-0.39, 0.29) is 35.7 Å². The summed E-state index contributed by atoms with van der Waals surface area (Å²) in [5.41, 5.74) is 5.03. The van der Waals surface area contributed by atoms with Crippen molar-refractivity contribution < 1.29 is 27.1 Å². The van der Waals surface area contributed by atoms with Crippen LogP contribution in [0.15, 0.2) is 48.1 Å². The van der Waals surface area contributed by atoms with Crippen LogP contribution in [0.5, 0.6) is 0 Å². The van der Waals surface area contributed by atoms with E-state index in [9.17, 15) is 22.4 Å². The fourth-order valence-corrected chi connectivity index (χ4v) is 5.32. The van der Waals surface area contributed by atoms with Gasteiger partial charge in [0.25, 0.3) is 5.91 Å². The van der Waals surface area contributed by atoms with Crippen LogP contribution in [0.2, 0.25) is 0 Å². The summed E-state index contributed by atoms with van der Waals surface area (Å²) in [5, 5.41) is 10.4. The van der Waals surface area contributed by atoms with Crippen molar-refractivity contribution >= 4 is 35.4 Å². The minimum Gasteiger partial charge on any atom is -0.483 e. The Hall–Kier alpha value is -3.32. The summed E-state index contributed by atoms with van der Waals surface area (Å²) in [6.45, 7) is 1.46. The lowest BCUT2D eigenvalue weighted by molar-refractivity contribution is -0.117. The summed E-state index contributed by atoms with van der Waals surface area (Å²) in [7, 11) is 0. The second-order valence-electron chi connectivity index (χ2n) is 8.96. The van der Waals surface area contributed by atoms with Gasteiger partial charge in [0, 0.05) is 62.3 Å². The number of hydrogen-bond donors (Lipinski definition) is 3. The van der Waals surface area contributed by atoms with Gasteiger partial charge >= 0.3 is 0 Å². The number of nitrogens with zero attached hydrogens (tertiary/aromatic N) is 3. The first-order valence-corrected chi connectivity index (χ1v) is 12.9. The number of alkyl halides is 2. The lowest BCUT2D eigenvalue weighted by Gasteiger charge is -2.36. The van der Waals surface area contributed by atoms with Crippen LogP contribution in [0, 0.1) is 17.0 Å². The number of carbonyl (C=O) groups is 1. The highest BCUT2D eigenvalue weighted by Crippen LogP contribution is 2.36. The molecule has 13 heteroatoms. The second kappa shape index (κ2) is 12.5. The minimum atomic E-state index is -1.39. The number of allylic oxidation sites excluding steroid dienone is 1. The Bertz CT molecular complexity index is 1170. The molecule has 1 saturated carbocycles. The number of nitrogens with two attached hydrogens (primary N) is 1. The van der Waals surface area contributed by atoms with Crippen molar-refractivity contribution in [2.45, 2.75) is 37.0 Å². The van der Waals surface area contributed by atoms with Crippen molar-refractivity contribution in [1.29, 1.82) is 5.41 Å². The zero-order valence-electron chi connectivity index (χ0n) is 20.4. The molecule has 2 aromatic rings. The fraction of sp³-hybridized carbons (Fsp3) is 0.400. The maximum absolute atomic E-state index is 14.9. The molecule has 4 rings (SSSR count). The highest BCUT2D eigenvalue weighted by molar-refractivity contribution is 7.97. The van der Waals surface area contributed by atoms with Crippen LogP contribution >= 0.6 is 11.9 Å². The lowest BCUT2D eigenvalue weighted by atomic mass is 10.2. The maximum Gasteiger partial charge on any atom is 0.293 e. The molecule has 8 nitrogen and oxygen atoms in total. The SMILES string of the molecule is N=CC(=C(OC1CCC(F)C1)C(=O)Nc1cc(F)cc(F)c1)N1CCN(SC(F)c2ccncc2N)CC1. The molecule has 0 radical (unpaired) electrons. The van der Waals surface area contributed by atoms with Crippen LogP contribution < -0.4 is 11.1 Å². The lowest BCUT2D eigenvalue weighted by Crippen LogP contribution is -2.44. The largest absolute Gasteiger partial charge is 0.483 e. The van der Waals surface area contributed by atoms with Crippen LogP contribution in [0.3, 0.4) is 0 Å². The van der Waals surface area contributed by atoms with Gasteiger partial charge in [-0.3, -0.25) is 9.78 Å². The molecule has 1 aromatic heterocycles. The van der Waals surface area contributed by atoms with Gasteiger partial charge in [-0.05, 0) is 43.0 Å². The molecule has 3 atom stereocenters. The van der Waals surface area contributed by atoms with Crippen LogP contribution in [-0.4, -0.2) is 64.8 Å². The van der Waals surface area contributed by atoms with E-state index in [1.54, 1.807) is 4.90 Å². The van der Waals surface area contributed by atoms with Gasteiger partial charge in [-0.2, -0.15) is 0 Å². The van der Waals surface area contributed by atoms with Gasteiger partial charge in [-0.1, -0.05) is 0 Å². The molecule has 2 aliphatic rings. The minimum absolute atomic E-state index is 0.0943. The van der Waals surface area contributed by atoms with Crippen molar-refractivity contribution in [2.75, 3.05) is 37.2 Å². The molecule has 4 N–H and O–H groups in total. The van der Waals surface area contributed by atoms with E-state index < -0.39 is 35.3 Å². The highest BCUT2D eigenvalue weighted by atomic mass is 32.2. The number of amides is 1. The third kappa shape index (κ3) is 6.95. The summed E-state index contributed by atoms with van der Waals surface area (Å²) in [5.74, 6) is -2.80. The molecular formula is C25H28F4N6O2S. The van der Waals surface area contributed by atoms with E-state index in [0.717, 1.165) is 30.3 Å². The second-order valence-corrected chi connectivity index (χ2v) is 10.1. The molecule has 0 spiro atoms. The summed E-state index contributed by atoms with van der Waals surface area (Å²) in [6, 6.07) is 4.11. The molecule has 0 bridgehead atoms. The average molecular weight is 553 g/mol. The van der Waals surface area contributed by atoms with E-state index in [4.69, 9.17) is 15.9 Å². The quantitative estimate of drug-likeness (QED) is 0.137. The normalized spacial score (nSPS) is 21.5. The van der Waals surface area contributed by atoms with Gasteiger partial charge in [-0.15, -0.1) is 0 Å². The first kappa shape index (κ1) is 27.7. The number of nitrogen functional groups attached to an aromatic ring is 1. The third-order valence-corrected chi connectivity index (χ3v) is 7.36. The predicted octanol–water partition coefficient (Wildman–Crippen LogP) is 4.58. The standard InChI is InChI=1S/C25H28F4N6O2S/c26-15-1-2-19(12-15)37-23(25(36)33-18-10-16(27)9-17(28)11-18)22(13-30)34-5-7-35(8-6-34)38-24(29)20-3-4-32-14-21(20)31/h3-4,9-11,13-15,19,24,30H,1-2,5-8,12,31H2,(H,33,36). The Morgan fingerprint density at radius 1 is 1.21 bits per heavy atom. The molecule has 1 aliphatic carbocycles. The number of anilines is 2. The molecule has 38 heavy (non-hydrogen) atoms. The molecule has 2 fully saturated rings. The van der Waals surface area contributed by atoms with Crippen LogP contribution in [0.1, 0.15) is 30.3 Å². The van der Waals surface area contributed by atoms with E-state index in [0.29, 0.717) is 44.2 Å². The Kier molecular flexibility index (Phi) is 9.10. The summed E-state index contributed by atoms with van der Waals surface area (Å²) >= 11 is 0.991. The van der Waals surface area contributed by atoms with Gasteiger partial charge < -0.3 is 26.1 Å². The zero-order chi connectivity index (χ0) is 27.2. The molecule has 1 aromatic carbocycles. The monoisotopic (exact) mass is 552 g/mol. The van der Waals surface area contributed by atoms with Crippen molar-refractivity contribution in [3.8, 4) is 0 Å². The van der Waals surface area contributed by atoms with Crippen LogP contribution in [0.4, 0.5) is 28.9 Å². The first-order valence-electron chi connectivity index (χ1n) is 12.1. The molecule has 1 saturated heterocycles. The van der Waals surface area contributed by atoms with Gasteiger partial charge in [0.15, 0.2) is 5.50 Å². The van der Waals surface area contributed by atoms with Crippen molar-refractivity contribution in [3.05, 3.63) is 65.3 Å². The number of halogens is 4. The molecule has 204 valence electrons. The Morgan fingerprint density at radius 3 is 2.53 bits per heavy atom. The summed E-state index contributed by atoms with van der Waals surface area (Å²) < 4.78 is 63.7. The van der Waals surface area contributed by atoms with Crippen LogP contribution in [0.25, 0.3) is 0 Å². The van der Waals surface area contributed by atoms with Crippen molar-refractivity contribution in [3.63, 3.8) is 0 Å². The number of benzene rings is 1. The zero-order valence-corrected chi connectivity index (χ0v) is 21.2. The maximum atomic E-state index is 14.9. The van der Waals surface area contributed by atoms with Crippen LogP contribution in [-0.2, 0) is 9.53 Å². The van der Waals surface area contributed by atoms with E-state index >= 15 is 0 Å². The topological polar surface area (TPSA) is 108 Å². The predicted molar refractivity (Wildman–Crippen MR) is 138 cm³/mol. The Balaban J connectivity index is 1.49.